The van der Waals surface area contributed by atoms with E-state index < -0.39 is 18.0 Å². The van der Waals surface area contributed by atoms with Gasteiger partial charge in [0.05, 0.1) is 0 Å². The molecule has 0 aliphatic carbocycles. The van der Waals surface area contributed by atoms with Crippen LogP contribution in [0.2, 0.25) is 0 Å². The zero-order valence-corrected chi connectivity index (χ0v) is 22.3. The Balaban J connectivity index is 0.000000589. The van der Waals surface area contributed by atoms with E-state index in [2.05, 4.69) is 111 Å². The zero-order chi connectivity index (χ0) is 21.5. The van der Waals surface area contributed by atoms with Gasteiger partial charge in [0.25, 0.3) is 0 Å². The average molecular weight is 627 g/mol. The fraction of sp³-hybridized carbons (Fsp3) is 0. The van der Waals surface area contributed by atoms with Crippen LogP contribution < -0.4 is 21.2 Å². The maximum atomic E-state index is 8.03. The van der Waals surface area contributed by atoms with E-state index in [0.717, 1.165) is 21.2 Å². The van der Waals surface area contributed by atoms with Gasteiger partial charge in [0, 0.05) is 0 Å². The molecule has 0 fully saturated rings. The van der Waals surface area contributed by atoms with Crippen molar-refractivity contribution in [2.24, 2.45) is 0 Å². The first-order valence-electron chi connectivity index (χ1n) is 9.11. The van der Waals surface area contributed by atoms with Crippen molar-refractivity contribution in [2.75, 3.05) is 0 Å². The summed E-state index contributed by atoms with van der Waals surface area (Å²) in [6.07, 6.45) is 0. The summed E-state index contributed by atoms with van der Waals surface area (Å²) in [4.78, 5) is 0. The zero-order valence-electron chi connectivity index (χ0n) is 15.9. The van der Waals surface area contributed by atoms with Crippen LogP contribution in [-0.2, 0) is 12.0 Å². The van der Waals surface area contributed by atoms with E-state index in [1.807, 2.05) is 24.3 Å². The van der Waals surface area contributed by atoms with Crippen LogP contribution >= 0.6 is 50.2 Å². The van der Waals surface area contributed by atoms with Gasteiger partial charge in [-0.2, -0.15) is 0 Å². The maximum absolute atomic E-state index is 8.03. The minimum atomic E-state index is -3.34. The van der Waals surface area contributed by atoms with Crippen molar-refractivity contribution in [2.45, 2.75) is 0 Å². The third-order valence-corrected chi connectivity index (χ3v) is 12.4. The molecule has 0 bridgehead atoms. The number of hydrogen-bond acceptors (Lipinski definition) is 0. The molecule has 4 aromatic rings. The first-order chi connectivity index (χ1) is 14.5. The Morgan fingerprint density at radius 3 is 0.800 bits per heavy atom. The van der Waals surface area contributed by atoms with Crippen LogP contribution in [0.5, 0.6) is 0 Å². The van der Waals surface area contributed by atoms with E-state index in [9.17, 15) is 0 Å². The first kappa shape index (κ1) is 23.9. The molecule has 0 amide bonds. The Morgan fingerprint density at radius 2 is 0.633 bits per heavy atom. The first-order valence-corrected chi connectivity index (χ1v) is 20.7. The number of rotatable bonds is 4. The molecule has 0 radical (unpaired) electrons. The Hall–Kier alpha value is -0.717. The summed E-state index contributed by atoms with van der Waals surface area (Å²) in [5.74, 6) is -3.34. The quantitative estimate of drug-likeness (QED) is 0.166. The second kappa shape index (κ2) is 10.7. The molecule has 0 aromatic heterocycles. The van der Waals surface area contributed by atoms with Crippen LogP contribution in [-0.4, -0.2) is 0 Å². The summed E-state index contributed by atoms with van der Waals surface area (Å²) >= 11 is 9.56. The molecule has 30 heavy (non-hydrogen) atoms. The standard InChI is InChI=1S/C24H20ClP.BrH.2ClH.Ru/c25-26(21-13-5-1-6-14-21,22-15-7-2-8-16-22,23-17-9-3-10-18-23)24-19-11-4-12-20-24;;;;/h1-20H;3*1H;/q;;;;+3/p-3. The van der Waals surface area contributed by atoms with Crippen LogP contribution in [0, 0.1) is 0 Å². The van der Waals surface area contributed by atoms with Crippen LogP contribution in [0.15, 0.2) is 121 Å². The number of hydrogen-bond donors (Lipinski definition) is 0. The monoisotopic (exact) mass is 625 g/mol. The fourth-order valence-electron chi connectivity index (χ4n) is 3.73. The molecule has 0 aliphatic rings. The van der Waals surface area contributed by atoms with Gasteiger partial charge in [-0.05, 0) is 0 Å². The van der Waals surface area contributed by atoms with E-state index in [1.165, 1.54) is 0 Å². The Bertz CT molecular complexity index is 877. The summed E-state index contributed by atoms with van der Waals surface area (Å²) in [5.41, 5.74) is 0. The van der Waals surface area contributed by atoms with Crippen molar-refractivity contribution in [1.82, 2.24) is 0 Å². The molecule has 0 aliphatic heterocycles. The van der Waals surface area contributed by atoms with E-state index in [4.69, 9.17) is 30.6 Å². The minimum absolute atomic E-state index is 1.16. The molecule has 4 rings (SSSR count). The molecule has 0 heterocycles. The van der Waals surface area contributed by atoms with E-state index in [1.54, 1.807) is 0 Å². The van der Waals surface area contributed by atoms with Gasteiger partial charge >= 0.3 is 205 Å². The van der Waals surface area contributed by atoms with Gasteiger partial charge in [-0.1, -0.05) is 0 Å². The SMILES string of the molecule is ClP(c1ccccc1)(c1ccccc1)(c1ccccc1)c1ccccc1.[Cl][Ru]([Cl])[Br]. The van der Waals surface area contributed by atoms with Crippen molar-refractivity contribution < 1.29 is 12.0 Å². The molecule has 0 saturated heterocycles. The van der Waals surface area contributed by atoms with Crippen LogP contribution in [0.3, 0.4) is 0 Å². The molecule has 0 spiro atoms. The van der Waals surface area contributed by atoms with E-state index in [0.29, 0.717) is 0 Å². The molecule has 0 nitrogen and oxygen atoms in total. The van der Waals surface area contributed by atoms with Crippen molar-refractivity contribution in [3.8, 4) is 0 Å². The normalized spacial score (nSPS) is 12.7. The van der Waals surface area contributed by atoms with Crippen molar-refractivity contribution in [3.63, 3.8) is 0 Å². The molecule has 4 aromatic carbocycles. The topological polar surface area (TPSA) is 0 Å². The van der Waals surface area contributed by atoms with Gasteiger partial charge in [0.1, 0.15) is 0 Å². The predicted octanol–water partition coefficient (Wildman–Crippen LogP) is 7.22. The Labute approximate surface area is 203 Å². The Morgan fingerprint density at radius 1 is 0.467 bits per heavy atom. The van der Waals surface area contributed by atoms with Crippen LogP contribution in [0.4, 0.5) is 0 Å². The average Bonchev–Trinajstić information content (AvgIpc) is 2.81. The third-order valence-electron chi connectivity index (χ3n) is 4.96. The molecule has 6 heteroatoms. The van der Waals surface area contributed by atoms with E-state index in [-0.39, 0.29) is 0 Å². The molecule has 0 unspecified atom stereocenters. The third kappa shape index (κ3) is 4.71. The molecule has 0 N–H and O–H groups in total. The van der Waals surface area contributed by atoms with Gasteiger partial charge < -0.3 is 0 Å². The van der Waals surface area contributed by atoms with Gasteiger partial charge in [0.2, 0.25) is 0 Å². The molecule has 0 atom stereocenters. The van der Waals surface area contributed by atoms with Crippen LogP contribution in [0.25, 0.3) is 0 Å². The van der Waals surface area contributed by atoms with Gasteiger partial charge in [0.15, 0.2) is 0 Å². The summed E-state index contributed by atoms with van der Waals surface area (Å²) in [5, 5.41) is 4.63. The van der Waals surface area contributed by atoms with Crippen molar-refractivity contribution >= 4 is 71.4 Å². The second-order valence-corrected chi connectivity index (χ2v) is 24.5. The molecule has 0 saturated carbocycles. The second-order valence-electron chi connectivity index (χ2n) is 6.50. The molecular weight excluding hydrogens is 607 g/mol. The van der Waals surface area contributed by atoms with Gasteiger partial charge in [-0.25, -0.2) is 0 Å². The summed E-state index contributed by atoms with van der Waals surface area (Å²) in [6, 6.07) is 42.1. The predicted molar refractivity (Wildman–Crippen MR) is 138 cm³/mol. The summed E-state index contributed by atoms with van der Waals surface area (Å²) < 4.78 is 0. The summed E-state index contributed by atoms with van der Waals surface area (Å²) in [7, 11) is 10.2. The number of halogens is 4. The summed E-state index contributed by atoms with van der Waals surface area (Å²) in [6.45, 7) is 0. The van der Waals surface area contributed by atoms with Gasteiger partial charge in [-0.15, -0.1) is 0 Å². The van der Waals surface area contributed by atoms with Crippen molar-refractivity contribution in [3.05, 3.63) is 121 Å². The van der Waals surface area contributed by atoms with E-state index >= 15 is 0 Å². The number of benzene rings is 4. The molecule has 157 valence electrons. The Kier molecular flexibility index (Phi) is 8.57. The fourth-order valence-corrected chi connectivity index (χ4v) is 9.80. The van der Waals surface area contributed by atoms with Crippen LogP contribution in [0.1, 0.15) is 0 Å². The molecular formula is C24H20BrCl3PRu. The van der Waals surface area contributed by atoms with Crippen molar-refractivity contribution in [1.29, 1.82) is 0 Å². The van der Waals surface area contributed by atoms with Gasteiger partial charge in [-0.3, -0.25) is 0 Å².